The molecule has 4 nitrogen and oxygen atoms in total. The monoisotopic (exact) mass is 290 g/mol. The quantitative estimate of drug-likeness (QED) is 0.743. The number of benzene rings is 1. The summed E-state index contributed by atoms with van der Waals surface area (Å²) in [6, 6.07) is 10.5. The van der Waals surface area contributed by atoms with Crippen LogP contribution in [-0.2, 0) is 6.54 Å². The minimum absolute atomic E-state index is 0.502. The Morgan fingerprint density at radius 1 is 1.09 bits per heavy atom. The van der Waals surface area contributed by atoms with Crippen molar-refractivity contribution in [2.75, 3.05) is 13.1 Å². The lowest BCUT2D eigenvalue weighted by Crippen LogP contribution is -2.20. The molecule has 1 atom stereocenters. The zero-order valence-electron chi connectivity index (χ0n) is 12.4. The van der Waals surface area contributed by atoms with Gasteiger partial charge in [0.25, 0.3) is 0 Å². The van der Waals surface area contributed by atoms with Crippen molar-refractivity contribution >= 4 is 10.9 Å². The fourth-order valence-corrected chi connectivity index (χ4v) is 3.20. The molecule has 4 rings (SSSR count). The number of hydrogen-bond donors (Lipinski definition) is 0. The van der Waals surface area contributed by atoms with Gasteiger partial charge in [-0.25, -0.2) is 0 Å². The number of likely N-dealkylation sites (tertiary alicyclic amines) is 1. The van der Waals surface area contributed by atoms with Crippen LogP contribution in [0, 0.1) is 0 Å². The summed E-state index contributed by atoms with van der Waals surface area (Å²) in [5.41, 5.74) is 3.45. The maximum absolute atomic E-state index is 4.55. The zero-order valence-corrected chi connectivity index (χ0v) is 12.4. The Hall–Kier alpha value is -2.33. The summed E-state index contributed by atoms with van der Waals surface area (Å²) in [6.45, 7) is 3.11. The molecule has 0 N–H and O–H groups in total. The molecular formula is C18H18N4. The predicted molar refractivity (Wildman–Crippen MR) is 86.4 cm³/mol. The summed E-state index contributed by atoms with van der Waals surface area (Å²) in [4.78, 5) is 15.7. The van der Waals surface area contributed by atoms with Gasteiger partial charge in [-0.1, -0.05) is 18.2 Å². The van der Waals surface area contributed by atoms with Crippen molar-refractivity contribution in [1.29, 1.82) is 0 Å². The summed E-state index contributed by atoms with van der Waals surface area (Å²) in [7, 11) is 0. The molecule has 1 saturated heterocycles. The van der Waals surface area contributed by atoms with Crippen LogP contribution in [0.1, 0.15) is 23.6 Å². The van der Waals surface area contributed by atoms with Crippen LogP contribution in [0.5, 0.6) is 0 Å². The lowest BCUT2D eigenvalue weighted by molar-refractivity contribution is 0.326. The van der Waals surface area contributed by atoms with E-state index < -0.39 is 0 Å². The minimum atomic E-state index is 0.502. The van der Waals surface area contributed by atoms with Crippen molar-refractivity contribution in [3.8, 4) is 0 Å². The van der Waals surface area contributed by atoms with Crippen molar-refractivity contribution in [2.45, 2.75) is 18.9 Å². The van der Waals surface area contributed by atoms with Crippen LogP contribution < -0.4 is 0 Å². The Morgan fingerprint density at radius 2 is 2.05 bits per heavy atom. The van der Waals surface area contributed by atoms with Crippen LogP contribution in [0.2, 0.25) is 0 Å². The van der Waals surface area contributed by atoms with E-state index in [1.165, 1.54) is 10.9 Å². The van der Waals surface area contributed by atoms with Crippen molar-refractivity contribution in [3.63, 3.8) is 0 Å². The fourth-order valence-electron chi connectivity index (χ4n) is 3.20. The average molecular weight is 290 g/mol. The first kappa shape index (κ1) is 13.3. The van der Waals surface area contributed by atoms with Gasteiger partial charge in [-0.3, -0.25) is 19.9 Å². The summed E-state index contributed by atoms with van der Waals surface area (Å²) in [5.74, 6) is 0.502. The van der Waals surface area contributed by atoms with E-state index >= 15 is 0 Å². The highest BCUT2D eigenvalue weighted by molar-refractivity contribution is 5.78. The molecule has 0 amide bonds. The maximum Gasteiger partial charge on any atom is 0.0702 e. The Labute approximate surface area is 129 Å². The maximum atomic E-state index is 4.55. The van der Waals surface area contributed by atoms with Crippen molar-refractivity contribution in [2.24, 2.45) is 0 Å². The number of hydrogen-bond acceptors (Lipinski definition) is 4. The molecule has 0 spiro atoms. The Bertz CT molecular complexity index is 772. The fraction of sp³-hybridized carbons (Fsp3) is 0.278. The standard InChI is InChI=1S/C18H18N4/c1-2-4-17-15(3-1)9-14(10-21-17)12-22-8-5-16(13-22)18-11-19-6-7-20-18/h1-4,6-7,9-11,16H,5,8,12-13H2. The molecule has 3 aromatic rings. The summed E-state index contributed by atoms with van der Waals surface area (Å²) in [5, 5.41) is 1.21. The second-order valence-electron chi connectivity index (χ2n) is 5.89. The van der Waals surface area contributed by atoms with E-state index in [4.69, 9.17) is 0 Å². The highest BCUT2D eigenvalue weighted by atomic mass is 15.1. The Kier molecular flexibility index (Phi) is 3.52. The Morgan fingerprint density at radius 3 is 2.95 bits per heavy atom. The molecule has 1 aliphatic heterocycles. The molecule has 0 radical (unpaired) electrons. The third-order valence-electron chi connectivity index (χ3n) is 4.33. The molecule has 22 heavy (non-hydrogen) atoms. The predicted octanol–water partition coefficient (Wildman–Crippen LogP) is 3.01. The zero-order chi connectivity index (χ0) is 14.8. The second-order valence-corrected chi connectivity index (χ2v) is 5.89. The molecule has 0 aliphatic carbocycles. The number of aromatic nitrogens is 3. The van der Waals surface area contributed by atoms with Crippen LogP contribution in [0.3, 0.4) is 0 Å². The van der Waals surface area contributed by atoms with Gasteiger partial charge in [-0.2, -0.15) is 0 Å². The normalized spacial score (nSPS) is 18.8. The van der Waals surface area contributed by atoms with E-state index in [1.54, 1.807) is 12.4 Å². The van der Waals surface area contributed by atoms with Gasteiger partial charge in [0.2, 0.25) is 0 Å². The van der Waals surface area contributed by atoms with E-state index in [0.29, 0.717) is 5.92 Å². The number of rotatable bonds is 3. The lowest BCUT2D eigenvalue weighted by atomic mass is 10.1. The van der Waals surface area contributed by atoms with Crippen molar-refractivity contribution in [3.05, 3.63) is 66.4 Å². The van der Waals surface area contributed by atoms with Gasteiger partial charge < -0.3 is 0 Å². The molecule has 1 aliphatic rings. The van der Waals surface area contributed by atoms with Crippen LogP contribution in [0.15, 0.2) is 55.1 Å². The van der Waals surface area contributed by atoms with Gasteiger partial charge in [0.15, 0.2) is 0 Å². The third-order valence-corrected chi connectivity index (χ3v) is 4.33. The molecule has 0 saturated carbocycles. The van der Waals surface area contributed by atoms with E-state index in [2.05, 4.69) is 44.1 Å². The number of pyridine rings is 1. The van der Waals surface area contributed by atoms with E-state index in [9.17, 15) is 0 Å². The van der Waals surface area contributed by atoms with Crippen LogP contribution in [-0.4, -0.2) is 32.9 Å². The number of para-hydroxylation sites is 1. The first-order valence-electron chi connectivity index (χ1n) is 7.70. The van der Waals surface area contributed by atoms with Gasteiger partial charge in [-0.05, 0) is 30.7 Å². The highest BCUT2D eigenvalue weighted by Crippen LogP contribution is 2.26. The van der Waals surface area contributed by atoms with Gasteiger partial charge in [0.05, 0.1) is 11.2 Å². The molecule has 1 fully saturated rings. The molecule has 110 valence electrons. The van der Waals surface area contributed by atoms with Gasteiger partial charge in [0.1, 0.15) is 0 Å². The van der Waals surface area contributed by atoms with Crippen LogP contribution in [0.4, 0.5) is 0 Å². The van der Waals surface area contributed by atoms with Crippen molar-refractivity contribution in [1.82, 2.24) is 19.9 Å². The molecule has 1 aromatic carbocycles. The van der Waals surface area contributed by atoms with Crippen molar-refractivity contribution < 1.29 is 0 Å². The smallest absolute Gasteiger partial charge is 0.0702 e. The molecular weight excluding hydrogens is 272 g/mol. The topological polar surface area (TPSA) is 41.9 Å². The first-order valence-corrected chi connectivity index (χ1v) is 7.70. The summed E-state index contributed by atoms with van der Waals surface area (Å²) < 4.78 is 0. The molecule has 4 heteroatoms. The summed E-state index contributed by atoms with van der Waals surface area (Å²) in [6.07, 6.45) is 8.56. The average Bonchev–Trinajstić information content (AvgIpc) is 3.04. The van der Waals surface area contributed by atoms with E-state index in [0.717, 1.165) is 37.3 Å². The van der Waals surface area contributed by atoms with Gasteiger partial charge in [-0.15, -0.1) is 0 Å². The van der Waals surface area contributed by atoms with Gasteiger partial charge in [0, 0.05) is 49.2 Å². The number of nitrogens with zero attached hydrogens (tertiary/aromatic N) is 4. The molecule has 3 heterocycles. The SMILES string of the molecule is c1ccc2ncc(CN3CCC(c4cnccn4)C3)cc2c1. The van der Waals surface area contributed by atoms with E-state index in [1.807, 2.05) is 18.5 Å². The minimum Gasteiger partial charge on any atom is -0.298 e. The second kappa shape index (κ2) is 5.81. The largest absolute Gasteiger partial charge is 0.298 e. The third kappa shape index (κ3) is 2.70. The Balaban J connectivity index is 1.47. The van der Waals surface area contributed by atoms with E-state index in [-0.39, 0.29) is 0 Å². The van der Waals surface area contributed by atoms with Crippen LogP contribution in [0.25, 0.3) is 10.9 Å². The highest BCUT2D eigenvalue weighted by Gasteiger charge is 2.24. The first-order chi connectivity index (χ1) is 10.9. The summed E-state index contributed by atoms with van der Waals surface area (Å²) >= 11 is 0. The molecule has 1 unspecified atom stereocenters. The van der Waals surface area contributed by atoms with Gasteiger partial charge >= 0.3 is 0 Å². The van der Waals surface area contributed by atoms with Crippen LogP contribution >= 0.6 is 0 Å². The molecule has 2 aromatic heterocycles. The number of fused-ring (bicyclic) bond motifs is 1. The molecule has 0 bridgehead atoms. The lowest BCUT2D eigenvalue weighted by Gasteiger charge is -2.16.